The van der Waals surface area contributed by atoms with E-state index in [1.54, 1.807) is 11.4 Å². The molecule has 3 N–H and O–H groups in total. The molecule has 23 heavy (non-hydrogen) atoms. The van der Waals surface area contributed by atoms with E-state index in [9.17, 15) is 14.4 Å². The predicted molar refractivity (Wildman–Crippen MR) is 83.4 cm³/mol. The molecule has 0 atom stereocenters. The van der Waals surface area contributed by atoms with Gasteiger partial charge in [-0.05, 0) is 30.0 Å². The topological polar surface area (TPSA) is 109 Å². The average molecular weight is 336 g/mol. The van der Waals surface area contributed by atoms with Crippen molar-refractivity contribution in [2.45, 2.75) is 19.4 Å². The van der Waals surface area contributed by atoms with E-state index in [2.05, 4.69) is 10.6 Å². The Labute approximate surface area is 136 Å². The molecule has 0 saturated carbocycles. The molecule has 0 spiro atoms. The van der Waals surface area contributed by atoms with Crippen LogP contribution < -0.4 is 10.6 Å². The van der Waals surface area contributed by atoms with Gasteiger partial charge in [-0.15, -0.1) is 0 Å². The van der Waals surface area contributed by atoms with Crippen LogP contribution in [-0.2, 0) is 11.3 Å². The zero-order valence-electron chi connectivity index (χ0n) is 12.2. The first-order valence-corrected chi connectivity index (χ1v) is 7.89. The van der Waals surface area contributed by atoms with Gasteiger partial charge in [0.25, 0.3) is 5.91 Å². The van der Waals surface area contributed by atoms with E-state index in [4.69, 9.17) is 9.52 Å². The van der Waals surface area contributed by atoms with Gasteiger partial charge in [0, 0.05) is 23.9 Å². The third kappa shape index (κ3) is 5.26. The Hall–Kier alpha value is -2.61. The lowest BCUT2D eigenvalue weighted by atomic mass is 10.2. The number of carbonyl (C=O) groups excluding carboxylic acids is 2. The van der Waals surface area contributed by atoms with Crippen molar-refractivity contribution >= 4 is 29.1 Å². The molecule has 0 aromatic carbocycles. The molecule has 0 fully saturated rings. The van der Waals surface area contributed by atoms with Crippen molar-refractivity contribution in [3.05, 3.63) is 46.0 Å². The van der Waals surface area contributed by atoms with E-state index in [0.717, 1.165) is 0 Å². The van der Waals surface area contributed by atoms with Gasteiger partial charge in [-0.2, -0.15) is 11.3 Å². The minimum absolute atomic E-state index is 0.132. The van der Waals surface area contributed by atoms with Crippen molar-refractivity contribution in [2.75, 3.05) is 6.54 Å². The summed E-state index contributed by atoms with van der Waals surface area (Å²) in [5.74, 6) is -1.28. The van der Waals surface area contributed by atoms with Gasteiger partial charge in [0.15, 0.2) is 0 Å². The lowest BCUT2D eigenvalue weighted by Gasteiger charge is -2.05. The molecular weight excluding hydrogens is 320 g/mol. The number of thiophene rings is 1. The number of furan rings is 1. The third-order valence-corrected chi connectivity index (χ3v) is 3.66. The van der Waals surface area contributed by atoms with E-state index < -0.39 is 5.97 Å². The van der Waals surface area contributed by atoms with Gasteiger partial charge < -0.3 is 20.2 Å². The number of carbonyl (C=O) groups is 3. The Morgan fingerprint density at radius 1 is 1.17 bits per heavy atom. The van der Waals surface area contributed by atoms with Gasteiger partial charge in [0.2, 0.25) is 11.7 Å². The zero-order valence-corrected chi connectivity index (χ0v) is 13.0. The Kier molecular flexibility index (Phi) is 5.93. The fraction of sp³-hybridized carbons (Fsp3) is 0.267. The van der Waals surface area contributed by atoms with Gasteiger partial charge in [-0.25, -0.2) is 4.79 Å². The molecule has 7 nitrogen and oxygen atoms in total. The van der Waals surface area contributed by atoms with E-state index in [-0.39, 0.29) is 30.5 Å². The molecule has 2 aromatic heterocycles. The quantitative estimate of drug-likeness (QED) is 0.638. The van der Waals surface area contributed by atoms with Gasteiger partial charge in [0.05, 0.1) is 6.54 Å². The monoisotopic (exact) mass is 336 g/mol. The summed E-state index contributed by atoms with van der Waals surface area (Å²) in [6, 6.07) is 4.58. The minimum Gasteiger partial charge on any atom is -0.475 e. The number of carboxylic acid groups (broad SMARTS) is 1. The summed E-state index contributed by atoms with van der Waals surface area (Å²) in [6.07, 6.45) is 0.774. The maximum Gasteiger partial charge on any atom is 0.371 e. The highest BCUT2D eigenvalue weighted by molar-refractivity contribution is 7.08. The number of nitrogens with one attached hydrogen (secondary N) is 2. The van der Waals surface area contributed by atoms with Gasteiger partial charge >= 0.3 is 5.97 Å². The van der Waals surface area contributed by atoms with Crippen LogP contribution >= 0.6 is 11.3 Å². The van der Waals surface area contributed by atoms with Crippen molar-refractivity contribution in [3.63, 3.8) is 0 Å². The zero-order chi connectivity index (χ0) is 16.7. The van der Waals surface area contributed by atoms with Crippen LogP contribution in [0.1, 0.15) is 39.5 Å². The molecule has 2 amide bonds. The van der Waals surface area contributed by atoms with E-state index >= 15 is 0 Å². The third-order valence-electron chi connectivity index (χ3n) is 2.98. The second kappa shape index (κ2) is 8.14. The first-order chi connectivity index (χ1) is 11.1. The predicted octanol–water partition coefficient (Wildman–Crippen LogP) is 1.87. The number of amides is 2. The Morgan fingerprint density at radius 2 is 2.00 bits per heavy atom. The van der Waals surface area contributed by atoms with E-state index in [0.29, 0.717) is 24.3 Å². The van der Waals surface area contributed by atoms with Gasteiger partial charge in [-0.3, -0.25) is 9.59 Å². The van der Waals surface area contributed by atoms with Crippen molar-refractivity contribution in [1.82, 2.24) is 10.6 Å². The molecule has 122 valence electrons. The molecule has 2 rings (SSSR count). The summed E-state index contributed by atoms with van der Waals surface area (Å²) in [5, 5.41) is 17.7. The number of aromatic carboxylic acids is 1. The molecule has 0 aliphatic heterocycles. The average Bonchev–Trinajstić information content (AvgIpc) is 3.20. The van der Waals surface area contributed by atoms with E-state index in [1.807, 2.05) is 5.38 Å². The molecular formula is C15H16N2O5S. The molecule has 0 unspecified atom stereocenters. The summed E-state index contributed by atoms with van der Waals surface area (Å²) in [5.41, 5.74) is 0.617. The smallest absolute Gasteiger partial charge is 0.371 e. The minimum atomic E-state index is -1.15. The van der Waals surface area contributed by atoms with Crippen LogP contribution in [0.25, 0.3) is 0 Å². The molecule has 0 aliphatic rings. The lowest BCUT2D eigenvalue weighted by molar-refractivity contribution is -0.121. The standard InChI is InChI=1S/C15H16N2O5S/c18-13(17-8-11-3-4-12(22-11)15(20)21)2-1-6-16-14(19)10-5-7-23-9-10/h3-5,7,9H,1-2,6,8H2,(H,16,19)(H,17,18)(H,20,21). The maximum atomic E-state index is 11.7. The molecule has 0 aliphatic carbocycles. The summed E-state index contributed by atoms with van der Waals surface area (Å²) < 4.78 is 5.02. The van der Waals surface area contributed by atoms with Crippen LogP contribution in [0.3, 0.4) is 0 Å². The Balaban J connectivity index is 1.61. The molecule has 0 saturated heterocycles. The second-order valence-electron chi connectivity index (χ2n) is 4.72. The number of hydrogen-bond donors (Lipinski definition) is 3. The fourth-order valence-electron chi connectivity index (χ4n) is 1.81. The van der Waals surface area contributed by atoms with Crippen LogP contribution in [0, 0.1) is 0 Å². The SMILES string of the molecule is O=C(CCCNC(=O)c1ccsc1)NCc1ccc(C(=O)O)o1. The molecule has 2 heterocycles. The normalized spacial score (nSPS) is 10.3. The fourth-order valence-corrected chi connectivity index (χ4v) is 2.44. The lowest BCUT2D eigenvalue weighted by Crippen LogP contribution is -2.27. The first-order valence-electron chi connectivity index (χ1n) is 6.95. The van der Waals surface area contributed by atoms with E-state index in [1.165, 1.54) is 23.5 Å². The van der Waals surface area contributed by atoms with Crippen LogP contribution in [0.4, 0.5) is 0 Å². The number of rotatable bonds is 8. The largest absolute Gasteiger partial charge is 0.475 e. The highest BCUT2D eigenvalue weighted by atomic mass is 32.1. The highest BCUT2D eigenvalue weighted by Crippen LogP contribution is 2.07. The molecule has 0 bridgehead atoms. The highest BCUT2D eigenvalue weighted by Gasteiger charge is 2.10. The summed E-state index contributed by atoms with van der Waals surface area (Å²) in [7, 11) is 0. The molecule has 0 radical (unpaired) electrons. The number of hydrogen-bond acceptors (Lipinski definition) is 5. The molecule has 8 heteroatoms. The summed E-state index contributed by atoms with van der Waals surface area (Å²) in [6.45, 7) is 0.541. The summed E-state index contributed by atoms with van der Waals surface area (Å²) >= 11 is 1.45. The first kappa shape index (κ1) is 16.8. The molecule has 2 aromatic rings. The number of carboxylic acids is 1. The van der Waals surface area contributed by atoms with Crippen molar-refractivity contribution in [2.24, 2.45) is 0 Å². The van der Waals surface area contributed by atoms with Crippen LogP contribution in [-0.4, -0.2) is 29.4 Å². The van der Waals surface area contributed by atoms with Crippen LogP contribution in [0.15, 0.2) is 33.4 Å². The Bertz CT molecular complexity index is 678. The van der Waals surface area contributed by atoms with Crippen LogP contribution in [0.2, 0.25) is 0 Å². The summed E-state index contributed by atoms with van der Waals surface area (Å²) in [4.78, 5) is 34.0. The van der Waals surface area contributed by atoms with Gasteiger partial charge in [0.1, 0.15) is 5.76 Å². The van der Waals surface area contributed by atoms with Crippen molar-refractivity contribution in [1.29, 1.82) is 0 Å². The van der Waals surface area contributed by atoms with Crippen molar-refractivity contribution < 1.29 is 23.9 Å². The van der Waals surface area contributed by atoms with Crippen molar-refractivity contribution in [3.8, 4) is 0 Å². The maximum absolute atomic E-state index is 11.7. The van der Waals surface area contributed by atoms with Gasteiger partial charge in [-0.1, -0.05) is 0 Å². The second-order valence-corrected chi connectivity index (χ2v) is 5.50. The van der Waals surface area contributed by atoms with Crippen LogP contribution in [0.5, 0.6) is 0 Å². The Morgan fingerprint density at radius 3 is 2.65 bits per heavy atom.